The monoisotopic (exact) mass is 308 g/mol. The van der Waals surface area contributed by atoms with Gasteiger partial charge in [-0.1, -0.05) is 48.0 Å². The van der Waals surface area contributed by atoms with Crippen molar-refractivity contribution in [3.63, 3.8) is 0 Å². The summed E-state index contributed by atoms with van der Waals surface area (Å²) in [6, 6.07) is 14.4. The zero-order chi connectivity index (χ0) is 16.4. The molecule has 118 valence electrons. The highest BCUT2D eigenvalue weighted by Gasteiger charge is 2.27. The number of hydrogen-bond donors (Lipinski definition) is 0. The zero-order valence-corrected chi connectivity index (χ0v) is 13.6. The number of ether oxygens (including phenoxy) is 2. The SMILES string of the molecule is CC(C)=CC1=CC(=O)OC1O[C@@H](C)c1ccc2ccccc2c1. The van der Waals surface area contributed by atoms with Crippen molar-refractivity contribution in [3.8, 4) is 0 Å². The van der Waals surface area contributed by atoms with Crippen LogP contribution in [0.4, 0.5) is 0 Å². The number of benzene rings is 2. The summed E-state index contributed by atoms with van der Waals surface area (Å²) in [6.07, 6.45) is 2.59. The van der Waals surface area contributed by atoms with Crippen LogP contribution in [0.3, 0.4) is 0 Å². The van der Waals surface area contributed by atoms with Gasteiger partial charge in [0.2, 0.25) is 6.29 Å². The number of hydrogen-bond acceptors (Lipinski definition) is 3. The molecular formula is C20H20O3. The summed E-state index contributed by atoms with van der Waals surface area (Å²) in [7, 11) is 0. The second-order valence-corrected chi connectivity index (χ2v) is 6.02. The molecule has 1 aliphatic heterocycles. The molecule has 3 heteroatoms. The fourth-order valence-electron chi connectivity index (χ4n) is 2.69. The van der Waals surface area contributed by atoms with Crippen LogP contribution in [0.25, 0.3) is 10.8 Å². The molecule has 1 heterocycles. The van der Waals surface area contributed by atoms with E-state index in [1.54, 1.807) is 0 Å². The van der Waals surface area contributed by atoms with Crippen LogP contribution >= 0.6 is 0 Å². The molecule has 0 radical (unpaired) electrons. The molecule has 2 atom stereocenters. The molecule has 1 aliphatic rings. The quantitative estimate of drug-likeness (QED) is 0.768. The third-order valence-electron chi connectivity index (χ3n) is 3.81. The van der Waals surface area contributed by atoms with Gasteiger partial charge in [-0.25, -0.2) is 4.79 Å². The number of rotatable bonds is 4. The molecule has 0 aliphatic carbocycles. The van der Waals surface area contributed by atoms with Gasteiger partial charge in [-0.3, -0.25) is 0 Å². The van der Waals surface area contributed by atoms with Gasteiger partial charge in [0.1, 0.15) is 0 Å². The van der Waals surface area contributed by atoms with Crippen molar-refractivity contribution in [1.82, 2.24) is 0 Å². The molecule has 0 spiro atoms. The minimum atomic E-state index is -0.640. The minimum absolute atomic E-state index is 0.176. The maximum Gasteiger partial charge on any atom is 0.333 e. The predicted molar refractivity (Wildman–Crippen MR) is 90.8 cm³/mol. The van der Waals surface area contributed by atoms with E-state index in [-0.39, 0.29) is 12.1 Å². The van der Waals surface area contributed by atoms with Gasteiger partial charge in [-0.2, -0.15) is 0 Å². The van der Waals surface area contributed by atoms with Crippen molar-refractivity contribution in [2.24, 2.45) is 0 Å². The summed E-state index contributed by atoms with van der Waals surface area (Å²) in [5.74, 6) is -0.354. The van der Waals surface area contributed by atoms with E-state index in [1.807, 2.05) is 45.0 Å². The smallest absolute Gasteiger partial charge is 0.333 e. The summed E-state index contributed by atoms with van der Waals surface area (Å²) in [4.78, 5) is 11.5. The Balaban J connectivity index is 1.80. The third kappa shape index (κ3) is 3.51. The van der Waals surface area contributed by atoms with Crippen LogP contribution in [0, 0.1) is 0 Å². The Hall–Kier alpha value is -2.39. The number of allylic oxidation sites excluding steroid dienone is 1. The van der Waals surface area contributed by atoms with Crippen molar-refractivity contribution in [3.05, 3.63) is 71.3 Å². The van der Waals surface area contributed by atoms with Crippen molar-refractivity contribution >= 4 is 16.7 Å². The van der Waals surface area contributed by atoms with Gasteiger partial charge < -0.3 is 9.47 Å². The van der Waals surface area contributed by atoms with E-state index in [2.05, 4.69) is 24.3 Å². The number of fused-ring (bicyclic) bond motifs is 1. The second-order valence-electron chi connectivity index (χ2n) is 6.02. The van der Waals surface area contributed by atoms with Crippen LogP contribution in [-0.2, 0) is 14.3 Å². The first-order chi connectivity index (χ1) is 11.0. The van der Waals surface area contributed by atoms with Crippen LogP contribution < -0.4 is 0 Å². The first-order valence-corrected chi connectivity index (χ1v) is 7.74. The molecule has 2 aromatic carbocycles. The van der Waals surface area contributed by atoms with Gasteiger partial charge in [0.15, 0.2) is 0 Å². The highest BCUT2D eigenvalue weighted by molar-refractivity contribution is 5.86. The molecule has 0 fully saturated rings. The van der Waals surface area contributed by atoms with Gasteiger partial charge in [-0.15, -0.1) is 0 Å². The summed E-state index contributed by atoms with van der Waals surface area (Å²) in [5, 5.41) is 2.37. The van der Waals surface area contributed by atoms with Crippen molar-refractivity contribution in [2.45, 2.75) is 33.2 Å². The van der Waals surface area contributed by atoms with Gasteiger partial charge in [0.05, 0.1) is 6.10 Å². The summed E-state index contributed by atoms with van der Waals surface area (Å²) < 4.78 is 11.2. The standard InChI is InChI=1S/C20H20O3/c1-13(2)10-18-12-19(21)23-20(18)22-14(3)16-9-8-15-6-4-5-7-17(15)11-16/h4-12,14,20H,1-3H3/t14-,20?/m0/s1. The molecule has 0 aromatic heterocycles. The van der Waals surface area contributed by atoms with Gasteiger partial charge in [0, 0.05) is 11.6 Å². The topological polar surface area (TPSA) is 35.5 Å². The maximum absolute atomic E-state index is 11.5. The molecule has 0 N–H and O–H groups in total. The molecule has 23 heavy (non-hydrogen) atoms. The van der Waals surface area contributed by atoms with Crippen LogP contribution in [0.15, 0.2) is 65.8 Å². The lowest BCUT2D eigenvalue weighted by Crippen LogP contribution is -2.18. The lowest BCUT2D eigenvalue weighted by atomic mass is 10.0. The van der Waals surface area contributed by atoms with Gasteiger partial charge in [0.25, 0.3) is 0 Å². The molecule has 0 bridgehead atoms. The van der Waals surface area contributed by atoms with Crippen LogP contribution in [0.5, 0.6) is 0 Å². The van der Waals surface area contributed by atoms with Crippen LogP contribution in [-0.4, -0.2) is 12.3 Å². The van der Waals surface area contributed by atoms with E-state index in [9.17, 15) is 4.79 Å². The Morgan fingerprint density at radius 2 is 1.91 bits per heavy atom. The van der Waals surface area contributed by atoms with Crippen molar-refractivity contribution < 1.29 is 14.3 Å². The highest BCUT2D eigenvalue weighted by atomic mass is 16.7. The Kier molecular flexibility index (Phi) is 4.30. The van der Waals surface area contributed by atoms with Gasteiger partial charge in [-0.05, 0) is 43.2 Å². The lowest BCUT2D eigenvalue weighted by Gasteiger charge is -2.20. The van der Waals surface area contributed by atoms with Gasteiger partial charge >= 0.3 is 5.97 Å². The first-order valence-electron chi connectivity index (χ1n) is 7.74. The lowest BCUT2D eigenvalue weighted by molar-refractivity contribution is -0.166. The maximum atomic E-state index is 11.5. The number of cyclic esters (lactones) is 1. The average Bonchev–Trinajstić information content (AvgIpc) is 2.85. The molecule has 0 saturated heterocycles. The Morgan fingerprint density at radius 3 is 2.65 bits per heavy atom. The molecule has 0 amide bonds. The molecule has 3 nitrogen and oxygen atoms in total. The van der Waals surface area contributed by atoms with E-state index < -0.39 is 6.29 Å². The Bertz CT molecular complexity index is 797. The number of esters is 1. The molecular weight excluding hydrogens is 288 g/mol. The first kappa shape index (κ1) is 15.5. The minimum Gasteiger partial charge on any atom is -0.428 e. The van der Waals surface area contributed by atoms with E-state index >= 15 is 0 Å². The van der Waals surface area contributed by atoms with E-state index in [4.69, 9.17) is 9.47 Å². The predicted octanol–water partition coefficient (Wildman–Crippen LogP) is 4.69. The summed E-state index contributed by atoms with van der Waals surface area (Å²) >= 11 is 0. The van der Waals surface area contributed by atoms with E-state index in [0.717, 1.165) is 16.7 Å². The molecule has 1 unspecified atom stereocenters. The second kappa shape index (κ2) is 6.39. The highest BCUT2D eigenvalue weighted by Crippen LogP contribution is 2.28. The van der Waals surface area contributed by atoms with E-state index in [0.29, 0.717) is 0 Å². The van der Waals surface area contributed by atoms with Crippen LogP contribution in [0.1, 0.15) is 32.4 Å². The average molecular weight is 308 g/mol. The normalized spacial score (nSPS) is 18.5. The molecule has 0 saturated carbocycles. The fraction of sp³-hybridized carbons (Fsp3) is 0.250. The fourth-order valence-corrected chi connectivity index (χ4v) is 2.69. The zero-order valence-electron chi connectivity index (χ0n) is 13.6. The number of carbonyl (C=O) groups is 1. The van der Waals surface area contributed by atoms with E-state index in [1.165, 1.54) is 16.8 Å². The summed E-state index contributed by atoms with van der Waals surface area (Å²) in [5.41, 5.74) is 2.92. The van der Waals surface area contributed by atoms with Crippen molar-refractivity contribution in [2.75, 3.05) is 0 Å². The van der Waals surface area contributed by atoms with Crippen molar-refractivity contribution in [1.29, 1.82) is 0 Å². The largest absolute Gasteiger partial charge is 0.428 e. The summed E-state index contributed by atoms with van der Waals surface area (Å²) in [6.45, 7) is 5.93. The molecule has 2 aromatic rings. The Labute approximate surface area is 136 Å². The molecule has 3 rings (SSSR count). The number of carbonyl (C=O) groups excluding carboxylic acids is 1. The van der Waals surface area contributed by atoms with Crippen LogP contribution in [0.2, 0.25) is 0 Å². The third-order valence-corrected chi connectivity index (χ3v) is 3.81. The Morgan fingerprint density at radius 1 is 1.17 bits per heavy atom.